The number of benzene rings is 6. The Balaban J connectivity index is 1.34. The molecule has 9 rings (SSSR count). The van der Waals surface area contributed by atoms with Crippen molar-refractivity contribution in [3.05, 3.63) is 176 Å². The zero-order valence-corrected chi connectivity index (χ0v) is 34.5. The third-order valence-corrected chi connectivity index (χ3v) is 13.0. The monoisotopic (exact) mass is 716 g/mol. The SMILES string of the molecule is CC(C)(C)C1=CC=C(c2cc(C3=Cc4ccccc4C3)c3ccc4c5c(ccc2c35)C(c2ccc(C(C)(C)C)cc2)CC=4c2ccc(C(C)(C)C)cc2)CC1. The largest absolute Gasteiger partial charge is 0.0645 e. The van der Waals surface area contributed by atoms with E-state index in [-0.39, 0.29) is 22.2 Å². The molecule has 3 aliphatic rings. The third-order valence-electron chi connectivity index (χ3n) is 13.0. The minimum absolute atomic E-state index is 0.112. The first-order chi connectivity index (χ1) is 26.1. The summed E-state index contributed by atoms with van der Waals surface area (Å²) < 4.78 is 0. The van der Waals surface area contributed by atoms with Crippen molar-refractivity contribution in [2.24, 2.45) is 5.41 Å². The molecule has 0 bridgehead atoms. The van der Waals surface area contributed by atoms with Crippen molar-refractivity contribution in [2.45, 2.75) is 105 Å². The Hall–Kier alpha value is -4.94. The van der Waals surface area contributed by atoms with Gasteiger partial charge in [-0.15, -0.1) is 0 Å². The Morgan fingerprint density at radius 3 is 1.80 bits per heavy atom. The van der Waals surface area contributed by atoms with Gasteiger partial charge in [0.15, 0.2) is 0 Å². The Labute approximate surface area is 329 Å². The van der Waals surface area contributed by atoms with Gasteiger partial charge < -0.3 is 0 Å². The highest BCUT2D eigenvalue weighted by atomic mass is 14.3. The Bertz CT molecular complexity index is 2650. The molecule has 0 spiro atoms. The molecule has 6 aromatic rings. The van der Waals surface area contributed by atoms with Crippen LogP contribution in [0.1, 0.15) is 138 Å². The molecule has 3 aliphatic carbocycles. The molecule has 0 radical (unpaired) electrons. The molecular weight excluding hydrogens is 661 g/mol. The highest BCUT2D eigenvalue weighted by Crippen LogP contribution is 2.48. The van der Waals surface area contributed by atoms with Gasteiger partial charge in [-0.1, -0.05) is 183 Å². The molecule has 0 fully saturated rings. The van der Waals surface area contributed by atoms with Gasteiger partial charge in [-0.2, -0.15) is 0 Å². The van der Waals surface area contributed by atoms with Crippen molar-refractivity contribution < 1.29 is 0 Å². The van der Waals surface area contributed by atoms with Crippen molar-refractivity contribution in [1.82, 2.24) is 0 Å². The Morgan fingerprint density at radius 1 is 0.545 bits per heavy atom. The van der Waals surface area contributed by atoms with Crippen molar-refractivity contribution in [3.63, 3.8) is 0 Å². The molecule has 0 saturated heterocycles. The van der Waals surface area contributed by atoms with Crippen molar-refractivity contribution >= 4 is 44.3 Å². The van der Waals surface area contributed by atoms with E-state index in [1.807, 2.05) is 0 Å². The molecule has 0 N–H and O–H groups in total. The highest BCUT2D eigenvalue weighted by molar-refractivity contribution is 6.19. The van der Waals surface area contributed by atoms with E-state index in [4.69, 9.17) is 0 Å². The van der Waals surface area contributed by atoms with E-state index >= 15 is 0 Å². The maximum Gasteiger partial charge on any atom is 0.0136 e. The molecule has 0 heterocycles. The standard InChI is InChI=1S/C55H56/c1-53(2,3)40-20-14-34(15-21-40)47-32-48(35-16-22-41(23-17-35)54(4,5)6)44-28-29-46-50(39-30-37-12-10-11-13-38(37)31-39)33-49(45-27-26-43(47)51(44)52(45)46)36-18-24-42(25-19-36)55(7,8)9/h10-18,20-24,26-30,33,47H,19,25,31-32H2,1-9H3. The average molecular weight is 717 g/mol. The predicted octanol–water partition coefficient (Wildman–Crippen LogP) is 14.3. The topological polar surface area (TPSA) is 0 Å². The van der Waals surface area contributed by atoms with Crippen LogP contribution in [0.3, 0.4) is 0 Å². The molecule has 1 unspecified atom stereocenters. The fourth-order valence-corrected chi connectivity index (χ4v) is 9.67. The van der Waals surface area contributed by atoms with Crippen LogP contribution in [-0.2, 0) is 17.3 Å². The van der Waals surface area contributed by atoms with Crippen molar-refractivity contribution in [2.75, 3.05) is 0 Å². The number of fused-ring (bicyclic) bond motifs is 1. The second kappa shape index (κ2) is 12.8. The number of rotatable bonds is 4. The van der Waals surface area contributed by atoms with Gasteiger partial charge >= 0.3 is 0 Å². The number of allylic oxidation sites excluding steroid dienone is 5. The van der Waals surface area contributed by atoms with Gasteiger partial charge in [0.1, 0.15) is 0 Å². The van der Waals surface area contributed by atoms with Crippen LogP contribution in [0.25, 0.3) is 44.3 Å². The maximum atomic E-state index is 2.56. The van der Waals surface area contributed by atoms with Crippen LogP contribution < -0.4 is 5.22 Å². The zero-order chi connectivity index (χ0) is 38.4. The summed E-state index contributed by atoms with van der Waals surface area (Å²) in [5, 5.41) is 7.05. The summed E-state index contributed by atoms with van der Waals surface area (Å²) >= 11 is 0. The van der Waals surface area contributed by atoms with Crippen molar-refractivity contribution in [3.8, 4) is 0 Å². The quantitative estimate of drug-likeness (QED) is 0.170. The fraction of sp³-hybridized carbons (Fsp3) is 0.309. The molecule has 0 heteroatoms. The minimum Gasteiger partial charge on any atom is -0.0645 e. The van der Waals surface area contributed by atoms with Crippen LogP contribution in [0.4, 0.5) is 0 Å². The van der Waals surface area contributed by atoms with Gasteiger partial charge in [0.25, 0.3) is 0 Å². The Kier molecular flexibility index (Phi) is 8.32. The normalized spacial score (nSPS) is 17.4. The Morgan fingerprint density at radius 2 is 1.18 bits per heavy atom. The summed E-state index contributed by atoms with van der Waals surface area (Å²) in [6, 6.07) is 40.5. The molecule has 0 aromatic heterocycles. The van der Waals surface area contributed by atoms with E-state index in [1.165, 1.54) is 93.6 Å². The van der Waals surface area contributed by atoms with Crippen LogP contribution in [0.5, 0.6) is 0 Å². The van der Waals surface area contributed by atoms with Crippen molar-refractivity contribution in [1.29, 1.82) is 0 Å². The van der Waals surface area contributed by atoms with Gasteiger partial charge in [-0.05, 0) is 142 Å². The lowest BCUT2D eigenvalue weighted by Crippen LogP contribution is -2.21. The lowest BCUT2D eigenvalue weighted by Gasteiger charge is -2.30. The highest BCUT2D eigenvalue weighted by Gasteiger charge is 2.30. The summed E-state index contributed by atoms with van der Waals surface area (Å²) in [6.07, 6.45) is 11.5. The van der Waals surface area contributed by atoms with Gasteiger partial charge in [0.05, 0.1) is 0 Å². The second-order valence-corrected chi connectivity index (χ2v) is 19.7. The van der Waals surface area contributed by atoms with Gasteiger partial charge in [-0.3, -0.25) is 0 Å². The minimum atomic E-state index is 0.112. The summed E-state index contributed by atoms with van der Waals surface area (Å²) in [6.45, 7) is 20.9. The summed E-state index contributed by atoms with van der Waals surface area (Å²) in [5.41, 5.74) is 18.9. The van der Waals surface area contributed by atoms with Crippen LogP contribution in [0, 0.1) is 5.41 Å². The van der Waals surface area contributed by atoms with Crippen LogP contribution in [0.15, 0.2) is 121 Å². The lowest BCUT2D eigenvalue weighted by molar-refractivity contribution is 0.482. The average Bonchev–Trinajstić information content (AvgIpc) is 3.60. The maximum absolute atomic E-state index is 2.56. The van der Waals surface area contributed by atoms with Crippen LogP contribution in [-0.4, -0.2) is 0 Å². The number of hydrogen-bond acceptors (Lipinski definition) is 0. The molecule has 55 heavy (non-hydrogen) atoms. The second-order valence-electron chi connectivity index (χ2n) is 19.7. The zero-order valence-electron chi connectivity index (χ0n) is 34.5. The molecule has 0 aliphatic heterocycles. The van der Waals surface area contributed by atoms with E-state index in [1.54, 1.807) is 5.57 Å². The first kappa shape index (κ1) is 35.7. The molecule has 0 amide bonds. The van der Waals surface area contributed by atoms with E-state index in [2.05, 4.69) is 184 Å². The molecule has 276 valence electrons. The first-order valence-electron chi connectivity index (χ1n) is 20.6. The summed E-state index contributed by atoms with van der Waals surface area (Å²) in [4.78, 5) is 0. The molecule has 0 saturated carbocycles. The molecule has 6 aromatic carbocycles. The molecule has 0 nitrogen and oxygen atoms in total. The third kappa shape index (κ3) is 6.23. The van der Waals surface area contributed by atoms with Crippen LogP contribution >= 0.6 is 0 Å². The smallest absolute Gasteiger partial charge is 0.0136 e. The first-order valence-corrected chi connectivity index (χ1v) is 20.6. The van der Waals surface area contributed by atoms with Gasteiger partial charge in [0.2, 0.25) is 0 Å². The number of hydrogen-bond donors (Lipinski definition) is 0. The van der Waals surface area contributed by atoms with E-state index in [0.717, 1.165) is 25.7 Å². The lowest BCUT2D eigenvalue weighted by atomic mass is 9.73. The van der Waals surface area contributed by atoms with E-state index < -0.39 is 0 Å². The molecular formula is C55H56. The van der Waals surface area contributed by atoms with Crippen LogP contribution in [0.2, 0.25) is 0 Å². The van der Waals surface area contributed by atoms with Gasteiger partial charge in [-0.25, -0.2) is 0 Å². The van der Waals surface area contributed by atoms with E-state index in [9.17, 15) is 0 Å². The molecule has 1 atom stereocenters. The predicted molar refractivity (Wildman–Crippen MR) is 239 cm³/mol. The summed E-state index contributed by atoms with van der Waals surface area (Å²) in [5.74, 6) is 0.266. The van der Waals surface area contributed by atoms with E-state index in [0.29, 0.717) is 0 Å². The fourth-order valence-electron chi connectivity index (χ4n) is 9.67. The summed E-state index contributed by atoms with van der Waals surface area (Å²) in [7, 11) is 0. The van der Waals surface area contributed by atoms with Gasteiger partial charge in [0, 0.05) is 5.92 Å².